The van der Waals surface area contributed by atoms with Gasteiger partial charge in [-0.25, -0.2) is 4.79 Å². The van der Waals surface area contributed by atoms with Gasteiger partial charge in [0.1, 0.15) is 5.75 Å². The van der Waals surface area contributed by atoms with Crippen LogP contribution in [0.4, 0.5) is 16.2 Å². The molecule has 3 aromatic carbocycles. The van der Waals surface area contributed by atoms with Crippen LogP contribution in [-0.4, -0.2) is 24.5 Å². The third-order valence-electron chi connectivity index (χ3n) is 4.68. The molecule has 0 aliphatic carbocycles. The summed E-state index contributed by atoms with van der Waals surface area (Å²) in [6.45, 7) is 3.33. The molecule has 4 amide bonds. The Hall–Kier alpha value is -3.84. The molecule has 0 aliphatic heterocycles. The average molecular weight is 452 g/mol. The van der Waals surface area contributed by atoms with E-state index in [1.807, 2.05) is 32.0 Å². The van der Waals surface area contributed by atoms with Crippen LogP contribution in [0.2, 0.25) is 5.02 Å². The Kier molecular flexibility index (Phi) is 7.46. The molecule has 8 heteroatoms. The van der Waals surface area contributed by atoms with E-state index in [9.17, 15) is 14.4 Å². The van der Waals surface area contributed by atoms with Gasteiger partial charge < -0.3 is 15.4 Å². The Morgan fingerprint density at radius 1 is 0.906 bits per heavy atom. The van der Waals surface area contributed by atoms with E-state index in [1.165, 1.54) is 12.1 Å². The minimum absolute atomic E-state index is 0.160. The normalized spacial score (nSPS) is 10.2. The van der Waals surface area contributed by atoms with Crippen molar-refractivity contribution in [3.63, 3.8) is 0 Å². The molecule has 32 heavy (non-hydrogen) atoms. The summed E-state index contributed by atoms with van der Waals surface area (Å²) in [5, 5.41) is 7.92. The predicted octanol–water partition coefficient (Wildman–Crippen LogP) is 4.94. The largest absolute Gasteiger partial charge is 0.483 e. The first kappa shape index (κ1) is 22.8. The van der Waals surface area contributed by atoms with E-state index in [2.05, 4.69) is 16.0 Å². The van der Waals surface area contributed by atoms with Gasteiger partial charge in [-0.3, -0.25) is 14.9 Å². The number of para-hydroxylation sites is 1. The Morgan fingerprint density at radius 2 is 1.66 bits per heavy atom. The highest BCUT2D eigenvalue weighted by molar-refractivity contribution is 6.31. The van der Waals surface area contributed by atoms with Crippen molar-refractivity contribution in [1.82, 2.24) is 5.32 Å². The first-order valence-electron chi connectivity index (χ1n) is 9.79. The SMILES string of the molecule is Cc1cccc(NC(=O)NC(=O)COc2ccc(Cl)cc2C(=O)Nc2ccccc2)c1C. The molecule has 0 aliphatic rings. The van der Waals surface area contributed by atoms with Crippen molar-refractivity contribution in [2.45, 2.75) is 13.8 Å². The molecule has 0 atom stereocenters. The number of nitrogens with one attached hydrogen (secondary N) is 3. The molecule has 164 valence electrons. The number of aryl methyl sites for hydroxylation is 1. The van der Waals surface area contributed by atoms with Crippen molar-refractivity contribution in [3.05, 3.63) is 88.4 Å². The standard InChI is InChI=1S/C24H22ClN3O4/c1-15-7-6-10-20(16(15)2)27-24(31)28-22(29)14-32-21-12-11-17(25)13-19(21)23(30)26-18-8-4-3-5-9-18/h3-13H,14H2,1-2H3,(H,26,30)(H2,27,28,29,31). The van der Waals surface area contributed by atoms with Crippen LogP contribution in [0.5, 0.6) is 5.75 Å². The van der Waals surface area contributed by atoms with E-state index in [0.29, 0.717) is 16.4 Å². The Labute approximate surface area is 190 Å². The van der Waals surface area contributed by atoms with Crippen molar-refractivity contribution >= 4 is 40.8 Å². The van der Waals surface area contributed by atoms with Gasteiger partial charge in [0, 0.05) is 16.4 Å². The number of urea groups is 1. The number of benzene rings is 3. The number of hydrogen-bond acceptors (Lipinski definition) is 4. The fraction of sp³-hybridized carbons (Fsp3) is 0.125. The van der Waals surface area contributed by atoms with Crippen LogP contribution < -0.4 is 20.7 Å². The van der Waals surface area contributed by atoms with Crippen molar-refractivity contribution in [3.8, 4) is 5.75 Å². The summed E-state index contributed by atoms with van der Waals surface area (Å²) >= 11 is 6.03. The van der Waals surface area contributed by atoms with Gasteiger partial charge in [0.05, 0.1) is 5.56 Å². The lowest BCUT2D eigenvalue weighted by Crippen LogP contribution is -2.37. The van der Waals surface area contributed by atoms with Gasteiger partial charge in [-0.05, 0) is 61.4 Å². The van der Waals surface area contributed by atoms with Crippen LogP contribution in [0.25, 0.3) is 0 Å². The van der Waals surface area contributed by atoms with E-state index >= 15 is 0 Å². The summed E-state index contributed by atoms with van der Waals surface area (Å²) in [5.74, 6) is -0.952. The van der Waals surface area contributed by atoms with Crippen molar-refractivity contribution in [1.29, 1.82) is 0 Å². The Morgan fingerprint density at radius 3 is 2.41 bits per heavy atom. The fourth-order valence-corrected chi connectivity index (χ4v) is 3.04. The molecule has 0 spiro atoms. The minimum atomic E-state index is -0.676. The number of hydrogen-bond donors (Lipinski definition) is 3. The molecule has 0 fully saturated rings. The minimum Gasteiger partial charge on any atom is -0.483 e. The summed E-state index contributed by atoms with van der Waals surface area (Å²) < 4.78 is 5.50. The first-order chi connectivity index (χ1) is 15.3. The fourth-order valence-electron chi connectivity index (χ4n) is 2.87. The third kappa shape index (κ3) is 6.09. The second kappa shape index (κ2) is 10.5. The van der Waals surface area contributed by atoms with Crippen LogP contribution in [0.1, 0.15) is 21.5 Å². The number of anilines is 2. The highest BCUT2D eigenvalue weighted by atomic mass is 35.5. The number of carbonyl (C=O) groups excluding carboxylic acids is 3. The van der Waals surface area contributed by atoms with E-state index in [0.717, 1.165) is 11.1 Å². The monoisotopic (exact) mass is 451 g/mol. The van der Waals surface area contributed by atoms with Crippen LogP contribution in [-0.2, 0) is 4.79 Å². The number of halogens is 1. The number of ether oxygens (including phenoxy) is 1. The highest BCUT2D eigenvalue weighted by Crippen LogP contribution is 2.24. The van der Waals surface area contributed by atoms with Gasteiger partial charge in [-0.2, -0.15) is 0 Å². The van der Waals surface area contributed by atoms with Gasteiger partial charge in [0.25, 0.3) is 11.8 Å². The lowest BCUT2D eigenvalue weighted by atomic mass is 10.1. The molecule has 0 bridgehead atoms. The summed E-state index contributed by atoms with van der Waals surface area (Å²) in [7, 11) is 0. The number of imide groups is 1. The lowest BCUT2D eigenvalue weighted by molar-refractivity contribution is -0.121. The maximum absolute atomic E-state index is 12.7. The summed E-state index contributed by atoms with van der Waals surface area (Å²) in [4.78, 5) is 37.0. The van der Waals surface area contributed by atoms with E-state index in [-0.39, 0.29) is 11.3 Å². The van der Waals surface area contributed by atoms with Gasteiger partial charge in [-0.15, -0.1) is 0 Å². The zero-order valence-corrected chi connectivity index (χ0v) is 18.3. The van der Waals surface area contributed by atoms with Crippen LogP contribution >= 0.6 is 11.6 Å². The molecular formula is C24H22ClN3O4. The van der Waals surface area contributed by atoms with E-state index in [1.54, 1.807) is 36.4 Å². The van der Waals surface area contributed by atoms with Crippen LogP contribution in [0.15, 0.2) is 66.7 Å². The molecule has 7 nitrogen and oxygen atoms in total. The zero-order chi connectivity index (χ0) is 23.1. The molecule has 0 radical (unpaired) electrons. The molecule has 3 rings (SSSR count). The second-order valence-electron chi connectivity index (χ2n) is 7.00. The molecule has 0 unspecified atom stereocenters. The number of carbonyl (C=O) groups is 3. The maximum Gasteiger partial charge on any atom is 0.325 e. The van der Waals surface area contributed by atoms with E-state index in [4.69, 9.17) is 16.3 Å². The molecule has 3 N–H and O–H groups in total. The second-order valence-corrected chi connectivity index (χ2v) is 7.44. The zero-order valence-electron chi connectivity index (χ0n) is 17.6. The number of rotatable bonds is 6. The summed E-state index contributed by atoms with van der Waals surface area (Å²) in [6, 6.07) is 18.2. The quantitative estimate of drug-likeness (QED) is 0.494. The Balaban J connectivity index is 1.61. The molecule has 0 aromatic heterocycles. The van der Waals surface area contributed by atoms with Gasteiger partial charge in [-0.1, -0.05) is 41.9 Å². The van der Waals surface area contributed by atoms with Crippen molar-refractivity contribution in [2.75, 3.05) is 17.2 Å². The molecule has 0 saturated heterocycles. The lowest BCUT2D eigenvalue weighted by Gasteiger charge is -2.13. The van der Waals surface area contributed by atoms with Crippen LogP contribution in [0.3, 0.4) is 0 Å². The molecule has 3 aromatic rings. The predicted molar refractivity (Wildman–Crippen MR) is 124 cm³/mol. The van der Waals surface area contributed by atoms with Crippen molar-refractivity contribution < 1.29 is 19.1 Å². The number of amides is 4. The Bertz CT molecular complexity index is 1150. The van der Waals surface area contributed by atoms with Gasteiger partial charge in [0.2, 0.25) is 0 Å². The highest BCUT2D eigenvalue weighted by Gasteiger charge is 2.16. The first-order valence-corrected chi connectivity index (χ1v) is 10.2. The van der Waals surface area contributed by atoms with Crippen LogP contribution in [0, 0.1) is 13.8 Å². The molecule has 0 heterocycles. The molecule has 0 saturated carbocycles. The van der Waals surface area contributed by atoms with Gasteiger partial charge >= 0.3 is 6.03 Å². The molecular weight excluding hydrogens is 430 g/mol. The summed E-state index contributed by atoms with van der Waals surface area (Å²) in [6.07, 6.45) is 0. The van der Waals surface area contributed by atoms with Gasteiger partial charge in [0.15, 0.2) is 6.61 Å². The van der Waals surface area contributed by atoms with Crippen molar-refractivity contribution in [2.24, 2.45) is 0 Å². The smallest absolute Gasteiger partial charge is 0.325 e. The van der Waals surface area contributed by atoms with E-state index < -0.39 is 24.5 Å². The average Bonchev–Trinajstić information content (AvgIpc) is 2.76. The summed E-state index contributed by atoms with van der Waals surface area (Å²) in [5.41, 5.74) is 3.29. The maximum atomic E-state index is 12.7. The third-order valence-corrected chi connectivity index (χ3v) is 4.92. The topological polar surface area (TPSA) is 96.5 Å².